The van der Waals surface area contributed by atoms with Crippen LogP contribution in [0, 0.1) is 13.5 Å². The highest BCUT2D eigenvalue weighted by atomic mass is 16.5. The Morgan fingerprint density at radius 2 is 1.96 bits per heavy atom. The van der Waals surface area contributed by atoms with E-state index in [1.54, 1.807) is 13.0 Å². The molecule has 0 aliphatic rings. The van der Waals surface area contributed by atoms with Crippen molar-refractivity contribution in [2.24, 2.45) is 0 Å². The molecule has 1 aromatic carbocycles. The average Bonchev–Trinajstić information content (AvgIpc) is 2.59. The summed E-state index contributed by atoms with van der Waals surface area (Å²) in [5.74, 6) is -0.697. The highest BCUT2D eigenvalue weighted by Gasteiger charge is 2.33. The van der Waals surface area contributed by atoms with E-state index in [2.05, 4.69) is 10.2 Å². The van der Waals surface area contributed by atoms with Gasteiger partial charge in [0.2, 0.25) is 0 Å². The van der Waals surface area contributed by atoms with Crippen molar-refractivity contribution < 1.29 is 18.8 Å². The molecule has 0 fully saturated rings. The lowest BCUT2D eigenvalue weighted by atomic mass is 10.0. The van der Waals surface area contributed by atoms with Gasteiger partial charge in [-0.1, -0.05) is 13.0 Å². The molecule has 25 heavy (non-hydrogen) atoms. The third-order valence-corrected chi connectivity index (χ3v) is 4.63. The third kappa shape index (κ3) is 4.80. The monoisotopic (exact) mass is 346 g/mol. The largest absolute Gasteiger partial charge is 0.465 e. The highest BCUT2D eigenvalue weighted by molar-refractivity contribution is 6.04. The first-order valence-electron chi connectivity index (χ1n) is 8.45. The Morgan fingerprint density at radius 3 is 2.44 bits per heavy atom. The Hall–Kier alpha value is -2.39. The number of methoxy groups -OCH3 is 1. The molecule has 1 atom stereocenters. The van der Waals surface area contributed by atoms with Crippen molar-refractivity contribution >= 4 is 23.3 Å². The quantitative estimate of drug-likeness (QED) is 0.467. The van der Waals surface area contributed by atoms with Crippen LogP contribution < -0.4 is 5.32 Å². The van der Waals surface area contributed by atoms with Crippen molar-refractivity contribution in [3.8, 4) is 0 Å². The second-order valence-electron chi connectivity index (χ2n) is 6.68. The van der Waals surface area contributed by atoms with Crippen LogP contribution in [-0.4, -0.2) is 50.2 Å². The van der Waals surface area contributed by atoms with E-state index in [9.17, 15) is 9.59 Å². The van der Waals surface area contributed by atoms with Crippen molar-refractivity contribution in [3.63, 3.8) is 0 Å². The molecule has 0 heterocycles. The number of ether oxygens (including phenoxy) is 1. The molecule has 1 aromatic rings. The predicted molar refractivity (Wildman–Crippen MR) is 98.8 cm³/mol. The van der Waals surface area contributed by atoms with E-state index in [-0.39, 0.29) is 17.5 Å². The van der Waals surface area contributed by atoms with Crippen molar-refractivity contribution in [1.82, 2.24) is 0 Å². The predicted octanol–water partition coefficient (Wildman–Crippen LogP) is 3.54. The lowest BCUT2D eigenvalue weighted by molar-refractivity contribution is -0.904. The molecule has 0 radical (unpaired) electrons. The maximum Gasteiger partial charge on any atom is 0.338 e. The molecular formula is C19H28N3O3+. The molecular weight excluding hydrogens is 318 g/mol. The van der Waals surface area contributed by atoms with Gasteiger partial charge in [0.25, 0.3) is 5.91 Å². The van der Waals surface area contributed by atoms with Gasteiger partial charge in [-0.15, -0.1) is 0 Å². The lowest BCUT2D eigenvalue weighted by Crippen LogP contribution is -2.54. The number of hydrogen-bond donors (Lipinski definition) is 1. The van der Waals surface area contributed by atoms with Crippen LogP contribution in [0.25, 0.3) is 4.85 Å². The Morgan fingerprint density at radius 1 is 1.32 bits per heavy atom. The Bertz CT molecular complexity index is 690. The number of esters is 1. The van der Waals surface area contributed by atoms with Crippen molar-refractivity contribution in [3.05, 3.63) is 34.7 Å². The molecule has 0 saturated heterocycles. The minimum Gasteiger partial charge on any atom is -0.465 e. The number of aryl methyl sites for hydroxylation is 1. The Labute approximate surface area is 150 Å². The normalized spacial score (nSPS) is 12.2. The lowest BCUT2D eigenvalue weighted by Gasteiger charge is -2.36. The maximum atomic E-state index is 12.9. The maximum absolute atomic E-state index is 12.9. The summed E-state index contributed by atoms with van der Waals surface area (Å²) in [5.41, 5.74) is 1.63. The Balaban J connectivity index is 3.30. The van der Waals surface area contributed by atoms with Gasteiger partial charge in [-0.2, -0.15) is 0 Å². The molecule has 6 heteroatoms. The van der Waals surface area contributed by atoms with Crippen LogP contribution >= 0.6 is 0 Å². The number of quaternary nitrogens is 1. The highest BCUT2D eigenvalue weighted by Crippen LogP contribution is 2.29. The summed E-state index contributed by atoms with van der Waals surface area (Å²) in [6.07, 6.45) is 1.64. The standard InChI is InChI=1S/C19H27N3O3/c1-8-10-16(22(5,6)9-2)18(23)21-17-13(3)11-14(20-4)12-15(17)19(24)25-7/h11-12,16H,8-10H2,1-3,5-7H3/p+1. The summed E-state index contributed by atoms with van der Waals surface area (Å²) in [5, 5.41) is 2.91. The fourth-order valence-electron chi connectivity index (χ4n) is 2.77. The molecule has 1 N–H and O–H groups in total. The topological polar surface area (TPSA) is 59.8 Å². The summed E-state index contributed by atoms with van der Waals surface area (Å²) < 4.78 is 5.37. The molecule has 6 nitrogen and oxygen atoms in total. The molecule has 0 bridgehead atoms. The van der Waals surface area contributed by atoms with Crippen LogP contribution in [0.1, 0.15) is 42.6 Å². The SMILES string of the molecule is [C-]#[N+]c1cc(C)c(NC(=O)C(CCC)[N+](C)(C)CC)c(C(=O)OC)c1. The first-order valence-corrected chi connectivity index (χ1v) is 8.45. The van der Waals surface area contributed by atoms with E-state index in [1.807, 2.05) is 27.9 Å². The zero-order chi connectivity index (χ0) is 19.2. The van der Waals surface area contributed by atoms with Gasteiger partial charge in [0.1, 0.15) is 0 Å². The minimum atomic E-state index is -0.569. The van der Waals surface area contributed by atoms with Crippen molar-refractivity contribution in [2.45, 2.75) is 39.7 Å². The third-order valence-electron chi connectivity index (χ3n) is 4.63. The number of likely N-dealkylation sites (N-methyl/N-ethyl adjacent to an activating group) is 1. The summed E-state index contributed by atoms with van der Waals surface area (Å²) in [6.45, 7) is 13.8. The Kier molecular flexibility index (Phi) is 7.13. The van der Waals surface area contributed by atoms with Crippen LogP contribution in [0.15, 0.2) is 12.1 Å². The number of rotatable bonds is 7. The van der Waals surface area contributed by atoms with Gasteiger partial charge in [0, 0.05) is 6.42 Å². The first-order chi connectivity index (χ1) is 11.7. The molecule has 1 unspecified atom stereocenters. The van der Waals surface area contributed by atoms with E-state index in [0.717, 1.165) is 19.4 Å². The van der Waals surface area contributed by atoms with Gasteiger partial charge in [-0.25, -0.2) is 9.64 Å². The van der Waals surface area contributed by atoms with Gasteiger partial charge >= 0.3 is 5.97 Å². The fraction of sp³-hybridized carbons (Fsp3) is 0.526. The molecule has 0 aromatic heterocycles. The second kappa shape index (κ2) is 8.63. The summed E-state index contributed by atoms with van der Waals surface area (Å²) in [6, 6.07) is 2.89. The molecule has 136 valence electrons. The van der Waals surface area contributed by atoms with Gasteiger partial charge in [0.05, 0.1) is 45.6 Å². The van der Waals surface area contributed by atoms with Crippen molar-refractivity contribution in [2.75, 3.05) is 33.1 Å². The number of nitrogens with zero attached hydrogens (tertiary/aromatic N) is 2. The number of hydrogen-bond acceptors (Lipinski definition) is 3. The molecule has 0 spiro atoms. The number of benzene rings is 1. The van der Waals surface area contributed by atoms with Crippen LogP contribution in [-0.2, 0) is 9.53 Å². The van der Waals surface area contributed by atoms with E-state index in [0.29, 0.717) is 21.4 Å². The summed E-state index contributed by atoms with van der Waals surface area (Å²) in [7, 11) is 5.33. The van der Waals surface area contributed by atoms with Gasteiger partial charge in [0.15, 0.2) is 11.7 Å². The van der Waals surface area contributed by atoms with Crippen LogP contribution in [0.4, 0.5) is 11.4 Å². The summed E-state index contributed by atoms with van der Waals surface area (Å²) >= 11 is 0. The van der Waals surface area contributed by atoms with Crippen LogP contribution in [0.2, 0.25) is 0 Å². The number of amides is 1. The van der Waals surface area contributed by atoms with E-state index >= 15 is 0 Å². The van der Waals surface area contributed by atoms with Gasteiger partial charge in [-0.05, 0) is 31.9 Å². The molecule has 1 rings (SSSR count). The number of carbonyl (C=O) groups is 2. The number of anilines is 1. The van der Waals surface area contributed by atoms with E-state index in [1.165, 1.54) is 13.2 Å². The van der Waals surface area contributed by atoms with E-state index in [4.69, 9.17) is 11.3 Å². The zero-order valence-corrected chi connectivity index (χ0v) is 16.0. The molecule has 1 amide bonds. The molecule has 0 saturated carbocycles. The molecule has 0 aliphatic heterocycles. The average molecular weight is 346 g/mol. The second-order valence-corrected chi connectivity index (χ2v) is 6.68. The zero-order valence-electron chi connectivity index (χ0n) is 16.0. The van der Waals surface area contributed by atoms with Crippen LogP contribution in [0.3, 0.4) is 0 Å². The molecule has 0 aliphatic carbocycles. The number of carbonyl (C=O) groups excluding carboxylic acids is 2. The van der Waals surface area contributed by atoms with Gasteiger partial charge in [-0.3, -0.25) is 4.79 Å². The van der Waals surface area contributed by atoms with E-state index < -0.39 is 5.97 Å². The van der Waals surface area contributed by atoms with Crippen LogP contribution in [0.5, 0.6) is 0 Å². The smallest absolute Gasteiger partial charge is 0.338 e. The number of nitrogens with one attached hydrogen (secondary N) is 1. The van der Waals surface area contributed by atoms with Gasteiger partial charge < -0.3 is 14.5 Å². The first kappa shape index (κ1) is 20.7. The minimum absolute atomic E-state index is 0.127. The van der Waals surface area contributed by atoms with Crippen molar-refractivity contribution in [1.29, 1.82) is 0 Å². The summed E-state index contributed by atoms with van der Waals surface area (Å²) in [4.78, 5) is 28.4. The fourth-order valence-corrected chi connectivity index (χ4v) is 2.77.